The molecular formula is C18H15FN2O3S2. The molecule has 5 nitrogen and oxygen atoms in total. The van der Waals surface area contributed by atoms with Crippen molar-refractivity contribution >= 4 is 32.9 Å². The molecule has 3 rings (SSSR count). The Morgan fingerprint density at radius 3 is 2.42 bits per heavy atom. The van der Waals surface area contributed by atoms with Crippen molar-refractivity contribution < 1.29 is 17.6 Å². The fourth-order valence-corrected chi connectivity index (χ4v) is 4.80. The highest BCUT2D eigenvalue weighted by Gasteiger charge is 2.39. The van der Waals surface area contributed by atoms with Crippen molar-refractivity contribution in [2.75, 3.05) is 6.54 Å². The number of nitrogens with zero attached hydrogens (tertiary/aromatic N) is 2. The lowest BCUT2D eigenvalue weighted by molar-refractivity contribution is -0.125. The van der Waals surface area contributed by atoms with Gasteiger partial charge in [-0.2, -0.15) is 8.42 Å². The van der Waals surface area contributed by atoms with Crippen LogP contribution in [-0.4, -0.2) is 30.9 Å². The molecule has 2 aromatic carbocycles. The first-order valence-corrected chi connectivity index (χ1v) is 9.99. The minimum Gasteiger partial charge on any atom is -0.285 e. The minimum absolute atomic E-state index is 0.0769. The second-order valence-corrected chi connectivity index (χ2v) is 8.13. The van der Waals surface area contributed by atoms with Gasteiger partial charge in [0.1, 0.15) is 11.1 Å². The van der Waals surface area contributed by atoms with Crippen LogP contribution in [0.25, 0.3) is 0 Å². The SMILES string of the molecule is C=CCN1C(=O)C(c2ccccc2)SC1=NS(=O)(=O)c1ccc(F)cc1. The monoisotopic (exact) mass is 390 g/mol. The third-order valence-corrected chi connectivity index (χ3v) is 6.30. The van der Waals surface area contributed by atoms with Crippen molar-refractivity contribution in [2.45, 2.75) is 10.1 Å². The van der Waals surface area contributed by atoms with Crippen LogP contribution in [0.1, 0.15) is 10.8 Å². The Morgan fingerprint density at radius 2 is 1.81 bits per heavy atom. The van der Waals surface area contributed by atoms with Gasteiger partial charge in [0.2, 0.25) is 5.91 Å². The van der Waals surface area contributed by atoms with Crippen molar-refractivity contribution in [1.29, 1.82) is 0 Å². The number of halogens is 1. The number of sulfonamides is 1. The van der Waals surface area contributed by atoms with Crippen LogP contribution in [0, 0.1) is 5.82 Å². The molecule has 0 N–H and O–H groups in total. The van der Waals surface area contributed by atoms with E-state index in [2.05, 4.69) is 11.0 Å². The molecule has 0 aromatic heterocycles. The maximum Gasteiger partial charge on any atom is 0.284 e. The first-order valence-electron chi connectivity index (χ1n) is 7.67. The molecule has 26 heavy (non-hydrogen) atoms. The van der Waals surface area contributed by atoms with Crippen LogP contribution in [0.3, 0.4) is 0 Å². The van der Waals surface area contributed by atoms with E-state index in [0.29, 0.717) is 0 Å². The Morgan fingerprint density at radius 1 is 1.15 bits per heavy atom. The fraction of sp³-hybridized carbons (Fsp3) is 0.111. The van der Waals surface area contributed by atoms with E-state index in [4.69, 9.17) is 0 Å². The van der Waals surface area contributed by atoms with Gasteiger partial charge in [0, 0.05) is 6.54 Å². The highest BCUT2D eigenvalue weighted by atomic mass is 32.2. The molecule has 0 saturated carbocycles. The normalized spacial score (nSPS) is 19.1. The van der Waals surface area contributed by atoms with E-state index in [1.54, 1.807) is 12.1 Å². The molecular weight excluding hydrogens is 375 g/mol. The first-order chi connectivity index (χ1) is 12.4. The molecule has 1 saturated heterocycles. The second kappa shape index (κ2) is 7.43. The van der Waals surface area contributed by atoms with E-state index in [0.717, 1.165) is 41.6 Å². The summed E-state index contributed by atoms with van der Waals surface area (Å²) in [6, 6.07) is 13.5. The van der Waals surface area contributed by atoms with Crippen LogP contribution >= 0.6 is 11.8 Å². The zero-order valence-electron chi connectivity index (χ0n) is 13.6. The maximum atomic E-state index is 13.0. The van der Waals surface area contributed by atoms with Gasteiger partial charge < -0.3 is 0 Å². The number of carbonyl (C=O) groups excluding carboxylic acids is 1. The van der Waals surface area contributed by atoms with Gasteiger partial charge in [-0.25, -0.2) is 4.39 Å². The highest BCUT2D eigenvalue weighted by Crippen LogP contribution is 2.39. The molecule has 0 aliphatic carbocycles. The van der Waals surface area contributed by atoms with Crippen LogP contribution in [0.15, 0.2) is 76.5 Å². The van der Waals surface area contributed by atoms with E-state index in [1.165, 1.54) is 11.0 Å². The van der Waals surface area contributed by atoms with E-state index in [9.17, 15) is 17.6 Å². The smallest absolute Gasteiger partial charge is 0.284 e. The van der Waals surface area contributed by atoms with E-state index in [-0.39, 0.29) is 22.5 Å². The van der Waals surface area contributed by atoms with E-state index in [1.807, 2.05) is 18.2 Å². The van der Waals surface area contributed by atoms with Gasteiger partial charge in [0.05, 0.1) is 4.90 Å². The van der Waals surface area contributed by atoms with Gasteiger partial charge in [-0.3, -0.25) is 9.69 Å². The lowest BCUT2D eigenvalue weighted by Gasteiger charge is -2.13. The van der Waals surface area contributed by atoms with Crippen LogP contribution < -0.4 is 0 Å². The fourth-order valence-electron chi connectivity index (χ4n) is 2.42. The Labute approximate surface area is 155 Å². The summed E-state index contributed by atoms with van der Waals surface area (Å²) >= 11 is 1.07. The number of rotatable bonds is 5. The van der Waals surface area contributed by atoms with E-state index >= 15 is 0 Å². The molecule has 0 radical (unpaired) electrons. The Hall–Kier alpha value is -2.45. The van der Waals surface area contributed by atoms with Gasteiger partial charge in [-0.05, 0) is 29.8 Å². The minimum atomic E-state index is -4.07. The average molecular weight is 390 g/mol. The largest absolute Gasteiger partial charge is 0.285 e. The molecule has 1 amide bonds. The summed E-state index contributed by atoms with van der Waals surface area (Å²) in [5.74, 6) is -0.798. The molecule has 0 spiro atoms. The molecule has 1 heterocycles. The molecule has 1 aliphatic heterocycles. The summed E-state index contributed by atoms with van der Waals surface area (Å²) < 4.78 is 41.9. The summed E-state index contributed by atoms with van der Waals surface area (Å²) in [5.41, 5.74) is 0.765. The first kappa shape index (κ1) is 18.3. The van der Waals surface area contributed by atoms with E-state index < -0.39 is 21.1 Å². The molecule has 2 aromatic rings. The predicted molar refractivity (Wildman–Crippen MR) is 99.7 cm³/mol. The Balaban J connectivity index is 1.98. The lowest BCUT2D eigenvalue weighted by Crippen LogP contribution is -2.30. The summed E-state index contributed by atoms with van der Waals surface area (Å²) in [5, 5.41) is -0.494. The summed E-state index contributed by atoms with van der Waals surface area (Å²) in [6.45, 7) is 3.75. The van der Waals surface area contributed by atoms with Crippen molar-refractivity contribution in [1.82, 2.24) is 4.90 Å². The van der Waals surface area contributed by atoms with Crippen molar-refractivity contribution in [2.24, 2.45) is 4.40 Å². The van der Waals surface area contributed by atoms with Gasteiger partial charge >= 0.3 is 0 Å². The zero-order valence-corrected chi connectivity index (χ0v) is 15.2. The van der Waals surface area contributed by atoms with Crippen LogP contribution in [0.4, 0.5) is 4.39 Å². The number of thioether (sulfide) groups is 1. The van der Waals surface area contributed by atoms with Crippen molar-refractivity contribution in [3.8, 4) is 0 Å². The quantitative estimate of drug-likeness (QED) is 0.734. The third kappa shape index (κ3) is 3.71. The second-order valence-electron chi connectivity index (χ2n) is 5.45. The standard InChI is InChI=1S/C18H15FN2O3S2/c1-2-12-21-17(22)16(13-6-4-3-5-7-13)25-18(21)20-26(23,24)15-10-8-14(19)9-11-15/h2-11,16H,1,12H2. The molecule has 134 valence electrons. The molecule has 8 heteroatoms. The molecule has 1 unspecified atom stereocenters. The predicted octanol–water partition coefficient (Wildman–Crippen LogP) is 3.37. The summed E-state index contributed by atoms with van der Waals surface area (Å²) in [7, 11) is -4.07. The van der Waals surface area contributed by atoms with Crippen LogP contribution in [-0.2, 0) is 14.8 Å². The lowest BCUT2D eigenvalue weighted by atomic mass is 10.1. The summed E-state index contributed by atoms with van der Waals surface area (Å²) in [6.07, 6.45) is 1.51. The van der Waals surface area contributed by atoms with Crippen LogP contribution in [0.5, 0.6) is 0 Å². The van der Waals surface area contributed by atoms with Crippen molar-refractivity contribution in [3.63, 3.8) is 0 Å². The highest BCUT2D eigenvalue weighted by molar-refractivity contribution is 8.15. The van der Waals surface area contributed by atoms with Gasteiger partial charge in [0.15, 0.2) is 5.17 Å². The number of amides is 1. The van der Waals surface area contributed by atoms with Gasteiger partial charge in [-0.15, -0.1) is 11.0 Å². The topological polar surface area (TPSA) is 66.8 Å². The van der Waals surface area contributed by atoms with Crippen molar-refractivity contribution in [3.05, 3.63) is 78.6 Å². The number of carbonyl (C=O) groups is 1. The Bertz CT molecular complexity index is 958. The van der Waals surface area contributed by atoms with Gasteiger partial charge in [0.25, 0.3) is 10.0 Å². The number of hydrogen-bond acceptors (Lipinski definition) is 4. The van der Waals surface area contributed by atoms with Crippen LogP contribution in [0.2, 0.25) is 0 Å². The number of amidine groups is 1. The maximum absolute atomic E-state index is 13.0. The molecule has 0 bridgehead atoms. The Kier molecular flexibility index (Phi) is 5.24. The number of hydrogen-bond donors (Lipinski definition) is 0. The zero-order chi connectivity index (χ0) is 18.7. The summed E-state index contributed by atoms with van der Waals surface area (Å²) in [4.78, 5) is 13.9. The molecule has 1 fully saturated rings. The third-order valence-electron chi connectivity index (χ3n) is 3.67. The average Bonchev–Trinajstić information content (AvgIpc) is 2.92. The molecule has 1 aliphatic rings. The number of benzene rings is 2. The molecule has 1 atom stereocenters. The van der Waals surface area contributed by atoms with Gasteiger partial charge in [-0.1, -0.05) is 48.2 Å².